The average Bonchev–Trinajstić information content (AvgIpc) is 2.71. The minimum atomic E-state index is 1.01. The number of rotatable bonds is 4. The van der Waals surface area contributed by atoms with Gasteiger partial charge in [0.2, 0.25) is 0 Å². The molecule has 1 aliphatic rings. The molecule has 0 N–H and O–H groups in total. The number of fused-ring (bicyclic) bond motifs is 1. The van der Waals surface area contributed by atoms with E-state index < -0.39 is 0 Å². The van der Waals surface area contributed by atoms with Crippen LogP contribution in [-0.4, -0.2) is 36.1 Å². The Bertz CT molecular complexity index is 895. The van der Waals surface area contributed by atoms with Crippen LogP contribution in [0.2, 0.25) is 0 Å². The molecule has 4 rings (SSSR count). The van der Waals surface area contributed by atoms with Gasteiger partial charge >= 0.3 is 0 Å². The van der Waals surface area contributed by atoms with E-state index in [4.69, 9.17) is 0 Å². The minimum absolute atomic E-state index is 1.01. The molecule has 0 saturated carbocycles. The van der Waals surface area contributed by atoms with Crippen LogP contribution in [0.4, 0.5) is 5.69 Å². The number of hydrogen-bond donors (Lipinski definition) is 0. The topological polar surface area (TPSA) is 19.4 Å². The smallest absolute Gasteiger partial charge is 0.0734 e. The SMILES string of the molecule is CCc1ccccc1N1CCN(Cc2ccc(C)c3ncccc23)CC1. The molecule has 1 aliphatic heterocycles. The van der Waals surface area contributed by atoms with Gasteiger partial charge in [0.15, 0.2) is 0 Å². The van der Waals surface area contributed by atoms with Crippen LogP contribution < -0.4 is 4.90 Å². The first-order chi connectivity index (χ1) is 12.8. The highest BCUT2D eigenvalue weighted by Crippen LogP contribution is 2.25. The fraction of sp³-hybridized carbons (Fsp3) is 0.348. The Morgan fingerprint density at radius 3 is 2.50 bits per heavy atom. The number of pyridine rings is 1. The molecule has 3 nitrogen and oxygen atoms in total. The van der Waals surface area contributed by atoms with Gasteiger partial charge in [0.05, 0.1) is 5.52 Å². The molecule has 0 atom stereocenters. The summed E-state index contributed by atoms with van der Waals surface area (Å²) >= 11 is 0. The largest absolute Gasteiger partial charge is 0.369 e. The van der Waals surface area contributed by atoms with E-state index in [1.807, 2.05) is 12.3 Å². The molecule has 0 aliphatic carbocycles. The third-order valence-corrected chi connectivity index (χ3v) is 5.54. The fourth-order valence-corrected chi connectivity index (χ4v) is 4.02. The molecule has 26 heavy (non-hydrogen) atoms. The van der Waals surface area contributed by atoms with Gasteiger partial charge in [-0.15, -0.1) is 0 Å². The highest BCUT2D eigenvalue weighted by atomic mass is 15.3. The molecule has 0 spiro atoms. The van der Waals surface area contributed by atoms with Crippen LogP contribution in [0.5, 0.6) is 0 Å². The third-order valence-electron chi connectivity index (χ3n) is 5.54. The van der Waals surface area contributed by atoms with Gasteiger partial charge in [0.25, 0.3) is 0 Å². The zero-order valence-corrected chi connectivity index (χ0v) is 15.8. The van der Waals surface area contributed by atoms with Gasteiger partial charge in [-0.3, -0.25) is 9.88 Å². The van der Waals surface area contributed by atoms with Gasteiger partial charge in [-0.1, -0.05) is 43.3 Å². The molecule has 0 radical (unpaired) electrons. The van der Waals surface area contributed by atoms with Gasteiger partial charge in [-0.05, 0) is 42.2 Å². The zero-order chi connectivity index (χ0) is 17.9. The maximum atomic E-state index is 4.58. The Hall–Kier alpha value is -2.39. The number of para-hydroxylation sites is 1. The zero-order valence-electron chi connectivity index (χ0n) is 15.8. The average molecular weight is 345 g/mol. The number of anilines is 1. The van der Waals surface area contributed by atoms with Crippen LogP contribution in [0.15, 0.2) is 54.7 Å². The van der Waals surface area contributed by atoms with Gasteiger partial charge < -0.3 is 4.90 Å². The van der Waals surface area contributed by atoms with Crippen molar-refractivity contribution in [1.29, 1.82) is 0 Å². The molecule has 1 saturated heterocycles. The van der Waals surface area contributed by atoms with Crippen LogP contribution in [-0.2, 0) is 13.0 Å². The Kier molecular flexibility index (Phi) is 4.89. The Balaban J connectivity index is 1.47. The molecule has 2 aromatic carbocycles. The number of piperazine rings is 1. The summed E-state index contributed by atoms with van der Waals surface area (Å²) in [7, 11) is 0. The lowest BCUT2D eigenvalue weighted by Gasteiger charge is -2.37. The lowest BCUT2D eigenvalue weighted by molar-refractivity contribution is 0.250. The van der Waals surface area contributed by atoms with E-state index >= 15 is 0 Å². The maximum absolute atomic E-state index is 4.58. The molecule has 0 unspecified atom stereocenters. The quantitative estimate of drug-likeness (QED) is 0.697. The molecule has 0 bridgehead atoms. The van der Waals surface area contributed by atoms with Gasteiger partial charge in [-0.2, -0.15) is 0 Å². The molecular formula is C23H27N3. The summed E-state index contributed by atoms with van der Waals surface area (Å²) in [5.41, 5.74) is 6.66. The van der Waals surface area contributed by atoms with Crippen LogP contribution >= 0.6 is 0 Å². The van der Waals surface area contributed by atoms with Gasteiger partial charge in [0, 0.05) is 50.0 Å². The normalized spacial score (nSPS) is 15.5. The lowest BCUT2D eigenvalue weighted by atomic mass is 10.0. The summed E-state index contributed by atoms with van der Waals surface area (Å²) in [4.78, 5) is 9.70. The fourth-order valence-electron chi connectivity index (χ4n) is 4.02. The highest BCUT2D eigenvalue weighted by molar-refractivity contribution is 5.84. The Labute approximate surface area is 156 Å². The number of aromatic nitrogens is 1. The summed E-state index contributed by atoms with van der Waals surface area (Å²) in [5.74, 6) is 0. The van der Waals surface area contributed by atoms with Crippen molar-refractivity contribution >= 4 is 16.6 Å². The Morgan fingerprint density at radius 2 is 1.69 bits per heavy atom. The monoisotopic (exact) mass is 345 g/mol. The molecular weight excluding hydrogens is 318 g/mol. The molecule has 3 heteroatoms. The predicted molar refractivity (Wildman–Crippen MR) is 110 cm³/mol. The summed E-state index contributed by atoms with van der Waals surface area (Å²) in [6.07, 6.45) is 2.99. The second-order valence-electron chi connectivity index (χ2n) is 7.19. The molecule has 3 aromatic rings. The van der Waals surface area contributed by atoms with Crippen LogP contribution in [0.1, 0.15) is 23.6 Å². The van der Waals surface area contributed by atoms with Crippen molar-refractivity contribution in [3.8, 4) is 0 Å². The second kappa shape index (κ2) is 7.46. The van der Waals surface area contributed by atoms with Crippen molar-refractivity contribution < 1.29 is 0 Å². The van der Waals surface area contributed by atoms with Crippen molar-refractivity contribution in [2.24, 2.45) is 0 Å². The van der Waals surface area contributed by atoms with E-state index in [1.165, 1.54) is 27.8 Å². The number of nitrogens with zero attached hydrogens (tertiary/aromatic N) is 3. The van der Waals surface area contributed by atoms with E-state index in [0.29, 0.717) is 0 Å². The standard InChI is InChI=1S/C23H27N3/c1-3-19-7-4-5-9-22(19)26-15-13-25(14-16-26)17-20-11-10-18(2)23-21(20)8-6-12-24-23/h4-12H,3,13-17H2,1-2H3. The minimum Gasteiger partial charge on any atom is -0.369 e. The van der Waals surface area contributed by atoms with Gasteiger partial charge in [-0.25, -0.2) is 0 Å². The van der Waals surface area contributed by atoms with Crippen LogP contribution in [0.3, 0.4) is 0 Å². The molecule has 1 aromatic heterocycles. The summed E-state index contributed by atoms with van der Waals surface area (Å²) in [5, 5.41) is 1.30. The molecule has 0 amide bonds. The van der Waals surface area contributed by atoms with Crippen LogP contribution in [0, 0.1) is 6.92 Å². The van der Waals surface area contributed by atoms with E-state index in [9.17, 15) is 0 Å². The highest BCUT2D eigenvalue weighted by Gasteiger charge is 2.19. The number of benzene rings is 2. The molecule has 2 heterocycles. The predicted octanol–water partition coefficient (Wildman–Crippen LogP) is 4.43. The summed E-state index contributed by atoms with van der Waals surface area (Å²) in [6, 6.07) is 17.6. The first-order valence-electron chi connectivity index (χ1n) is 9.64. The Morgan fingerprint density at radius 1 is 0.885 bits per heavy atom. The van der Waals surface area contributed by atoms with Crippen molar-refractivity contribution in [3.05, 3.63) is 71.4 Å². The van der Waals surface area contributed by atoms with Crippen molar-refractivity contribution in [2.75, 3.05) is 31.1 Å². The maximum Gasteiger partial charge on any atom is 0.0734 e. The van der Waals surface area contributed by atoms with Crippen molar-refractivity contribution in [1.82, 2.24) is 9.88 Å². The van der Waals surface area contributed by atoms with Crippen LogP contribution in [0.25, 0.3) is 10.9 Å². The third kappa shape index (κ3) is 3.32. The van der Waals surface area contributed by atoms with Gasteiger partial charge in [0.1, 0.15) is 0 Å². The molecule has 1 fully saturated rings. The molecule has 134 valence electrons. The van der Waals surface area contributed by atoms with E-state index in [1.54, 1.807) is 0 Å². The summed E-state index contributed by atoms with van der Waals surface area (Å²) in [6.45, 7) is 9.79. The van der Waals surface area contributed by atoms with Crippen molar-refractivity contribution in [3.63, 3.8) is 0 Å². The second-order valence-corrected chi connectivity index (χ2v) is 7.19. The lowest BCUT2D eigenvalue weighted by Crippen LogP contribution is -2.46. The summed E-state index contributed by atoms with van der Waals surface area (Å²) < 4.78 is 0. The number of hydrogen-bond acceptors (Lipinski definition) is 3. The van der Waals surface area contributed by atoms with E-state index in [2.05, 4.69) is 71.1 Å². The van der Waals surface area contributed by atoms with E-state index in [-0.39, 0.29) is 0 Å². The number of aryl methyl sites for hydroxylation is 2. The van der Waals surface area contributed by atoms with E-state index in [0.717, 1.165) is 44.7 Å². The van der Waals surface area contributed by atoms with Crippen molar-refractivity contribution in [2.45, 2.75) is 26.8 Å². The first kappa shape index (κ1) is 17.0. The first-order valence-corrected chi connectivity index (χ1v) is 9.64.